The van der Waals surface area contributed by atoms with Crippen LogP contribution in [0.25, 0.3) is 0 Å². The predicted octanol–water partition coefficient (Wildman–Crippen LogP) is 2.16. The van der Waals surface area contributed by atoms with E-state index in [9.17, 15) is 0 Å². The van der Waals surface area contributed by atoms with Crippen LogP contribution in [-0.4, -0.2) is 52.5 Å². The van der Waals surface area contributed by atoms with Gasteiger partial charge in [-0.3, -0.25) is 4.90 Å². The molecule has 0 atom stereocenters. The van der Waals surface area contributed by atoms with E-state index in [-0.39, 0.29) is 0 Å². The lowest BCUT2D eigenvalue weighted by atomic mass is 10.1. The van der Waals surface area contributed by atoms with E-state index < -0.39 is 0 Å². The van der Waals surface area contributed by atoms with Crippen LogP contribution in [0.15, 0.2) is 42.7 Å². The maximum Gasteiger partial charge on any atom is 0.120 e. The van der Waals surface area contributed by atoms with Gasteiger partial charge in [0.2, 0.25) is 0 Å². The lowest BCUT2D eigenvalue weighted by molar-refractivity contribution is 0.124. The maximum atomic E-state index is 4.30. The highest BCUT2D eigenvalue weighted by atomic mass is 15.3. The molecule has 4 nitrogen and oxygen atoms in total. The normalized spacial score (nSPS) is 17.1. The molecule has 0 radical (unpaired) electrons. The smallest absolute Gasteiger partial charge is 0.120 e. The fraction of sp³-hybridized carbons (Fsp3) is 0.471. The van der Waals surface area contributed by atoms with Gasteiger partial charge in [0.05, 0.1) is 6.54 Å². The summed E-state index contributed by atoms with van der Waals surface area (Å²) >= 11 is 0. The Hall–Kier alpha value is -1.65. The first-order valence-corrected chi connectivity index (χ1v) is 7.87. The zero-order valence-electron chi connectivity index (χ0n) is 12.5. The molecule has 0 spiro atoms. The molecule has 0 amide bonds. The number of H-pyrrole nitrogens is 1. The minimum Gasteiger partial charge on any atom is -0.348 e. The molecule has 1 saturated heterocycles. The minimum atomic E-state index is 0.949. The first-order chi connectivity index (χ1) is 10.4. The number of aromatic nitrogens is 2. The number of nitrogens with zero attached hydrogens (tertiary/aromatic N) is 3. The number of piperazine rings is 1. The summed E-state index contributed by atoms with van der Waals surface area (Å²) < 4.78 is 0. The van der Waals surface area contributed by atoms with E-state index in [0.29, 0.717) is 0 Å². The number of aryl methyl sites for hydroxylation is 1. The molecule has 1 fully saturated rings. The fourth-order valence-corrected chi connectivity index (χ4v) is 2.92. The summed E-state index contributed by atoms with van der Waals surface area (Å²) in [5, 5.41) is 0. The predicted molar refractivity (Wildman–Crippen MR) is 85.1 cm³/mol. The topological polar surface area (TPSA) is 35.2 Å². The van der Waals surface area contributed by atoms with Crippen molar-refractivity contribution in [3.05, 3.63) is 54.1 Å². The second-order valence-electron chi connectivity index (χ2n) is 5.74. The second-order valence-corrected chi connectivity index (χ2v) is 5.74. The van der Waals surface area contributed by atoms with Crippen molar-refractivity contribution in [2.45, 2.75) is 19.4 Å². The third-order valence-electron chi connectivity index (χ3n) is 4.18. The minimum absolute atomic E-state index is 0.949. The lowest BCUT2D eigenvalue weighted by Gasteiger charge is -2.34. The van der Waals surface area contributed by atoms with Crippen molar-refractivity contribution in [3.8, 4) is 0 Å². The molecule has 0 unspecified atom stereocenters. The Morgan fingerprint density at radius 1 is 1.00 bits per heavy atom. The number of rotatable bonds is 6. The van der Waals surface area contributed by atoms with Crippen molar-refractivity contribution in [2.24, 2.45) is 0 Å². The average molecular weight is 284 g/mol. The van der Waals surface area contributed by atoms with E-state index in [4.69, 9.17) is 0 Å². The molecule has 0 bridgehead atoms. The molecule has 112 valence electrons. The first-order valence-electron chi connectivity index (χ1n) is 7.87. The van der Waals surface area contributed by atoms with Gasteiger partial charge in [-0.15, -0.1) is 0 Å². The Morgan fingerprint density at radius 3 is 2.48 bits per heavy atom. The van der Waals surface area contributed by atoms with Crippen LogP contribution in [0.1, 0.15) is 17.8 Å². The third kappa shape index (κ3) is 4.41. The van der Waals surface area contributed by atoms with Gasteiger partial charge >= 0.3 is 0 Å². The molecular formula is C17H24N4. The largest absolute Gasteiger partial charge is 0.348 e. The van der Waals surface area contributed by atoms with Crippen LogP contribution in [0.3, 0.4) is 0 Å². The van der Waals surface area contributed by atoms with Crippen molar-refractivity contribution in [1.82, 2.24) is 19.8 Å². The molecule has 1 N–H and O–H groups in total. The molecule has 3 rings (SSSR count). The van der Waals surface area contributed by atoms with Crippen molar-refractivity contribution >= 4 is 0 Å². The van der Waals surface area contributed by atoms with Gasteiger partial charge in [-0.1, -0.05) is 30.3 Å². The number of aromatic amines is 1. The van der Waals surface area contributed by atoms with Gasteiger partial charge in [-0.2, -0.15) is 0 Å². The molecule has 2 heterocycles. The van der Waals surface area contributed by atoms with Gasteiger partial charge in [0, 0.05) is 38.6 Å². The standard InChI is InChI=1S/C17H24N4/c1-2-5-16(6-3-1)7-4-10-20-11-13-21(14-12-20)15-17-18-8-9-19-17/h1-3,5-6,8-9H,4,7,10-15H2,(H,18,19). The Balaban J connectivity index is 1.34. The van der Waals surface area contributed by atoms with E-state index >= 15 is 0 Å². The van der Waals surface area contributed by atoms with Crippen LogP contribution in [0.4, 0.5) is 0 Å². The van der Waals surface area contributed by atoms with Gasteiger partial charge in [0.15, 0.2) is 0 Å². The molecule has 4 heteroatoms. The van der Waals surface area contributed by atoms with Gasteiger partial charge < -0.3 is 9.88 Å². The summed E-state index contributed by atoms with van der Waals surface area (Å²) in [6.07, 6.45) is 6.17. The highest BCUT2D eigenvalue weighted by Crippen LogP contribution is 2.08. The highest BCUT2D eigenvalue weighted by Gasteiger charge is 2.16. The van der Waals surface area contributed by atoms with E-state index in [0.717, 1.165) is 25.5 Å². The van der Waals surface area contributed by atoms with Crippen molar-refractivity contribution in [2.75, 3.05) is 32.7 Å². The SMILES string of the molecule is c1ccc(CCCN2CCN(Cc3ncc[nH]3)CC2)cc1. The highest BCUT2D eigenvalue weighted by molar-refractivity contribution is 5.14. The molecule has 2 aromatic rings. The summed E-state index contributed by atoms with van der Waals surface area (Å²) in [4.78, 5) is 12.5. The van der Waals surface area contributed by atoms with E-state index in [1.807, 2.05) is 12.4 Å². The molecule has 1 aliphatic heterocycles. The average Bonchev–Trinajstić information content (AvgIpc) is 3.03. The van der Waals surface area contributed by atoms with Crippen LogP contribution in [-0.2, 0) is 13.0 Å². The van der Waals surface area contributed by atoms with Gasteiger partial charge in [-0.25, -0.2) is 4.98 Å². The summed E-state index contributed by atoms with van der Waals surface area (Å²) in [5.41, 5.74) is 1.45. The zero-order chi connectivity index (χ0) is 14.3. The quantitative estimate of drug-likeness (QED) is 0.883. The zero-order valence-corrected chi connectivity index (χ0v) is 12.5. The van der Waals surface area contributed by atoms with E-state index in [1.54, 1.807) is 0 Å². The Bertz CT molecular complexity index is 501. The van der Waals surface area contributed by atoms with Gasteiger partial charge in [0.25, 0.3) is 0 Å². The van der Waals surface area contributed by atoms with Crippen LogP contribution in [0, 0.1) is 0 Å². The monoisotopic (exact) mass is 284 g/mol. The third-order valence-corrected chi connectivity index (χ3v) is 4.18. The van der Waals surface area contributed by atoms with Gasteiger partial charge in [0.1, 0.15) is 5.82 Å². The van der Waals surface area contributed by atoms with Crippen LogP contribution < -0.4 is 0 Å². The summed E-state index contributed by atoms with van der Waals surface area (Å²) in [7, 11) is 0. The lowest BCUT2D eigenvalue weighted by Crippen LogP contribution is -2.46. The Kier molecular flexibility index (Phi) is 5.03. The Morgan fingerprint density at radius 2 is 1.76 bits per heavy atom. The van der Waals surface area contributed by atoms with Crippen LogP contribution in [0.5, 0.6) is 0 Å². The number of benzene rings is 1. The second kappa shape index (κ2) is 7.38. The van der Waals surface area contributed by atoms with Crippen LogP contribution in [0.2, 0.25) is 0 Å². The van der Waals surface area contributed by atoms with Crippen molar-refractivity contribution in [1.29, 1.82) is 0 Å². The molecule has 21 heavy (non-hydrogen) atoms. The number of nitrogens with one attached hydrogen (secondary N) is 1. The molecule has 0 aliphatic carbocycles. The molecule has 1 aromatic heterocycles. The van der Waals surface area contributed by atoms with Gasteiger partial charge in [-0.05, 0) is 24.9 Å². The molecular weight excluding hydrogens is 260 g/mol. The van der Waals surface area contributed by atoms with E-state index in [2.05, 4.69) is 50.1 Å². The number of hydrogen-bond donors (Lipinski definition) is 1. The maximum absolute atomic E-state index is 4.30. The van der Waals surface area contributed by atoms with Crippen LogP contribution >= 0.6 is 0 Å². The Labute approximate surface area is 126 Å². The number of imidazole rings is 1. The molecule has 1 aromatic carbocycles. The van der Waals surface area contributed by atoms with Crippen molar-refractivity contribution < 1.29 is 0 Å². The van der Waals surface area contributed by atoms with E-state index in [1.165, 1.54) is 38.0 Å². The fourth-order valence-electron chi connectivity index (χ4n) is 2.92. The summed E-state index contributed by atoms with van der Waals surface area (Å²) in [6, 6.07) is 10.8. The summed E-state index contributed by atoms with van der Waals surface area (Å²) in [5.74, 6) is 1.08. The molecule has 1 aliphatic rings. The first kappa shape index (κ1) is 14.3. The molecule has 0 saturated carbocycles. The number of hydrogen-bond acceptors (Lipinski definition) is 3. The van der Waals surface area contributed by atoms with Crippen molar-refractivity contribution in [3.63, 3.8) is 0 Å². The summed E-state index contributed by atoms with van der Waals surface area (Å²) in [6.45, 7) is 6.80.